The van der Waals surface area contributed by atoms with Crippen LogP contribution in [0.4, 0.5) is 30.7 Å². The number of carbonyl (C=O) groups is 4. The summed E-state index contributed by atoms with van der Waals surface area (Å²) in [6.45, 7) is 1.14. The van der Waals surface area contributed by atoms with Gasteiger partial charge >= 0.3 is 36.2 Å². The second-order valence-electron chi connectivity index (χ2n) is 7.79. The summed E-state index contributed by atoms with van der Waals surface area (Å²) >= 11 is 1.19. The maximum Gasteiger partial charge on any atom is 0.490 e. The average Bonchev–Trinajstić information content (AvgIpc) is 3.50. The number of amidine groups is 1. The van der Waals surface area contributed by atoms with Gasteiger partial charge in [0.25, 0.3) is 0 Å². The van der Waals surface area contributed by atoms with Crippen molar-refractivity contribution < 1.29 is 70.0 Å². The number of carbonyl (C=O) groups excluding carboxylic acids is 1. The van der Waals surface area contributed by atoms with E-state index in [1.54, 1.807) is 12.1 Å². The first-order valence-corrected chi connectivity index (χ1v) is 11.6. The number of rotatable bonds is 6. The number of halogens is 7. The summed E-state index contributed by atoms with van der Waals surface area (Å²) in [6.07, 6.45) is -8.72. The second-order valence-corrected chi connectivity index (χ2v) is 8.96. The zero-order chi connectivity index (χ0) is 31.7. The molecule has 19 heteroatoms. The number of nitrogens with two attached hydrogens (primary N) is 1. The van der Waals surface area contributed by atoms with E-state index in [2.05, 4.69) is 0 Å². The van der Waals surface area contributed by atoms with Crippen molar-refractivity contribution in [2.75, 3.05) is 6.54 Å². The van der Waals surface area contributed by atoms with Crippen LogP contribution < -0.4 is 10.5 Å². The molecule has 41 heavy (non-hydrogen) atoms. The molecule has 0 bridgehead atoms. The van der Waals surface area contributed by atoms with Crippen LogP contribution in [0.3, 0.4) is 0 Å². The number of nitrogens with one attached hydrogen (secondary N) is 1. The van der Waals surface area contributed by atoms with E-state index in [1.807, 2.05) is 4.90 Å². The largest absolute Gasteiger partial charge is 0.490 e. The van der Waals surface area contributed by atoms with Crippen LogP contribution in [0, 0.1) is 11.2 Å². The number of likely N-dealkylation sites (tertiary alicyclic amines) is 1. The molecule has 3 rings (SSSR count). The van der Waals surface area contributed by atoms with Crippen LogP contribution in [-0.2, 0) is 20.9 Å². The van der Waals surface area contributed by atoms with E-state index in [9.17, 15) is 45.4 Å². The monoisotopic (exact) mass is 619 g/mol. The molecule has 0 saturated carbocycles. The molecule has 0 aliphatic carbocycles. The van der Waals surface area contributed by atoms with Crippen LogP contribution in [-0.4, -0.2) is 74.9 Å². The molecule has 1 atom stereocenters. The van der Waals surface area contributed by atoms with Crippen molar-refractivity contribution in [2.24, 2.45) is 5.73 Å². The molecule has 0 amide bonds. The molecule has 1 aromatic heterocycles. The van der Waals surface area contributed by atoms with Crippen molar-refractivity contribution in [3.05, 3.63) is 51.5 Å². The fourth-order valence-electron chi connectivity index (χ4n) is 2.97. The predicted molar refractivity (Wildman–Crippen MR) is 125 cm³/mol. The standard InChI is InChI=1S/C18H18FN3O4S.2C2HF3O2/c19-12-8-10(16(20)21)3-5-14(12)26-18(25)15-6-4-11(27-15)9-22-7-1-2-13(22)17(23)24;2*3-2(4,5)1(6)7/h3-6,8,13H,1-2,7,9H2,(H3,20,21)(H,23,24);2*(H,6,7)/t13-;;/m1../s1. The van der Waals surface area contributed by atoms with Gasteiger partial charge in [0, 0.05) is 17.0 Å². The Morgan fingerprint density at radius 3 is 1.98 bits per heavy atom. The van der Waals surface area contributed by atoms with Gasteiger partial charge in [-0.25, -0.2) is 18.8 Å². The van der Waals surface area contributed by atoms with E-state index in [-0.39, 0.29) is 17.1 Å². The maximum atomic E-state index is 14.0. The zero-order valence-electron chi connectivity index (χ0n) is 20.3. The third-order valence-corrected chi connectivity index (χ3v) is 5.85. The molecule has 11 nitrogen and oxygen atoms in total. The number of carboxylic acids is 3. The van der Waals surface area contributed by atoms with Crippen molar-refractivity contribution in [1.29, 1.82) is 5.41 Å². The summed E-state index contributed by atoms with van der Waals surface area (Å²) in [5.41, 5.74) is 5.49. The molecule has 0 spiro atoms. The lowest BCUT2D eigenvalue weighted by Gasteiger charge is -2.19. The summed E-state index contributed by atoms with van der Waals surface area (Å²) in [4.78, 5) is 44.3. The normalized spacial score (nSPS) is 15.0. The Bertz CT molecular complexity index is 1260. The number of esters is 1. The number of aliphatic carboxylic acids is 3. The first-order chi connectivity index (χ1) is 18.7. The van der Waals surface area contributed by atoms with Crippen LogP contribution in [0.25, 0.3) is 0 Å². The molecule has 0 unspecified atom stereocenters. The zero-order valence-corrected chi connectivity index (χ0v) is 21.1. The highest BCUT2D eigenvalue weighted by Gasteiger charge is 2.39. The van der Waals surface area contributed by atoms with Crippen molar-refractivity contribution in [1.82, 2.24) is 4.90 Å². The first-order valence-electron chi connectivity index (χ1n) is 10.8. The fraction of sp³-hybridized carbons (Fsp3) is 0.318. The van der Waals surface area contributed by atoms with E-state index < -0.39 is 48.1 Å². The molecular weight excluding hydrogens is 599 g/mol. The maximum absolute atomic E-state index is 14.0. The molecule has 1 aliphatic heterocycles. The summed E-state index contributed by atoms with van der Waals surface area (Å²) in [5.74, 6) is -8.36. The summed E-state index contributed by atoms with van der Waals surface area (Å²) < 4.78 is 82.6. The van der Waals surface area contributed by atoms with Crippen molar-refractivity contribution in [2.45, 2.75) is 37.8 Å². The number of benzene rings is 1. The van der Waals surface area contributed by atoms with Gasteiger partial charge in [-0.05, 0) is 49.7 Å². The molecule has 0 radical (unpaired) electrons. The Kier molecular flexibility index (Phi) is 12.2. The number of hydrogen-bond acceptors (Lipinski definition) is 8. The molecule has 1 aliphatic rings. The average molecular weight is 619 g/mol. The highest BCUT2D eigenvalue weighted by atomic mass is 32.1. The molecule has 2 heterocycles. The Labute approximate surface area is 229 Å². The van der Waals surface area contributed by atoms with Crippen molar-refractivity contribution >= 4 is 41.0 Å². The van der Waals surface area contributed by atoms with Crippen LogP contribution in [0.5, 0.6) is 5.75 Å². The minimum absolute atomic E-state index is 0.198. The van der Waals surface area contributed by atoms with E-state index in [0.717, 1.165) is 17.4 Å². The molecule has 1 fully saturated rings. The minimum atomic E-state index is -5.08. The first kappa shape index (κ1) is 34.8. The number of thiophene rings is 1. The van der Waals surface area contributed by atoms with Gasteiger partial charge in [-0.15, -0.1) is 11.3 Å². The highest BCUT2D eigenvalue weighted by molar-refractivity contribution is 7.13. The van der Waals surface area contributed by atoms with Crippen LogP contribution in [0.15, 0.2) is 30.3 Å². The summed E-state index contributed by atoms with van der Waals surface area (Å²) in [5, 5.41) is 30.8. The smallest absolute Gasteiger partial charge is 0.480 e. The number of alkyl halides is 6. The Morgan fingerprint density at radius 1 is 1.00 bits per heavy atom. The second kappa shape index (κ2) is 14.4. The van der Waals surface area contributed by atoms with Gasteiger partial charge < -0.3 is 25.8 Å². The Morgan fingerprint density at radius 2 is 1.54 bits per heavy atom. The SMILES string of the molecule is N=C(N)c1ccc(OC(=O)c2ccc(CN3CCC[C@@H]3C(=O)O)s2)c(F)c1.O=C(O)C(F)(F)F.O=C(O)C(F)(F)F. The number of ether oxygens (including phenoxy) is 1. The topological polar surface area (TPSA) is 191 Å². The van der Waals surface area contributed by atoms with E-state index in [1.165, 1.54) is 23.5 Å². The van der Waals surface area contributed by atoms with Crippen LogP contribution >= 0.6 is 11.3 Å². The number of carboxylic acid groups (broad SMARTS) is 3. The quantitative estimate of drug-likeness (QED) is 0.105. The van der Waals surface area contributed by atoms with Gasteiger partial charge in [-0.2, -0.15) is 26.3 Å². The van der Waals surface area contributed by atoms with Gasteiger partial charge in [0.1, 0.15) is 16.8 Å². The van der Waals surface area contributed by atoms with Gasteiger partial charge in [0.2, 0.25) is 0 Å². The molecular formula is C22H20F7N3O8S. The van der Waals surface area contributed by atoms with Gasteiger partial charge in [0.15, 0.2) is 11.6 Å². The Balaban J connectivity index is 0.000000497. The number of hydrogen-bond donors (Lipinski definition) is 5. The fourth-order valence-corrected chi connectivity index (χ4v) is 3.88. The summed E-state index contributed by atoms with van der Waals surface area (Å²) in [6, 6.07) is 6.50. The van der Waals surface area contributed by atoms with Crippen LogP contribution in [0.1, 0.15) is 33.0 Å². The third-order valence-electron chi connectivity index (χ3n) is 4.80. The lowest BCUT2D eigenvalue weighted by atomic mass is 10.2. The van der Waals surface area contributed by atoms with Crippen molar-refractivity contribution in [3.8, 4) is 5.75 Å². The lowest BCUT2D eigenvalue weighted by Crippen LogP contribution is -2.35. The molecule has 2 aromatic rings. The predicted octanol–water partition coefficient (Wildman–Crippen LogP) is 3.71. The minimum Gasteiger partial charge on any atom is -0.480 e. The van der Waals surface area contributed by atoms with Gasteiger partial charge in [-0.1, -0.05) is 0 Å². The number of nitrogens with zero attached hydrogens (tertiary/aromatic N) is 1. The van der Waals surface area contributed by atoms with E-state index in [4.69, 9.17) is 35.7 Å². The molecule has 1 aromatic carbocycles. The summed E-state index contributed by atoms with van der Waals surface area (Å²) in [7, 11) is 0. The highest BCUT2D eigenvalue weighted by Crippen LogP contribution is 2.26. The van der Waals surface area contributed by atoms with Crippen molar-refractivity contribution in [3.63, 3.8) is 0 Å². The van der Waals surface area contributed by atoms with E-state index >= 15 is 0 Å². The third kappa shape index (κ3) is 11.4. The van der Waals surface area contributed by atoms with Gasteiger partial charge in [0.05, 0.1) is 0 Å². The van der Waals surface area contributed by atoms with E-state index in [0.29, 0.717) is 24.4 Å². The Hall–Kier alpha value is -4.26. The number of nitrogen functional groups attached to an aromatic ring is 1. The lowest BCUT2D eigenvalue weighted by molar-refractivity contribution is -0.193. The molecule has 226 valence electrons. The van der Waals surface area contributed by atoms with Crippen LogP contribution in [0.2, 0.25) is 0 Å². The van der Waals surface area contributed by atoms with Gasteiger partial charge in [-0.3, -0.25) is 15.1 Å². The molecule has 6 N–H and O–H groups in total. The molecule has 1 saturated heterocycles.